The molecule has 2 nitrogen and oxygen atoms in total. The number of fused-ring (bicyclic) bond motifs is 1. The van der Waals surface area contributed by atoms with Crippen LogP contribution in [0.2, 0.25) is 0 Å². The molecule has 0 bridgehead atoms. The molecule has 0 radical (unpaired) electrons. The van der Waals surface area contributed by atoms with Crippen LogP contribution in [0.1, 0.15) is 64.0 Å². The zero-order chi connectivity index (χ0) is 14.4. The normalized spacial score (nSPS) is 32.3. The summed E-state index contributed by atoms with van der Waals surface area (Å²) in [5.74, 6) is 0.867. The van der Waals surface area contributed by atoms with Crippen molar-refractivity contribution in [2.45, 2.75) is 64.1 Å². The smallest absolute Gasteiger partial charge is 0.126 e. The summed E-state index contributed by atoms with van der Waals surface area (Å²) in [6.45, 7) is 4.69. The summed E-state index contributed by atoms with van der Waals surface area (Å²) >= 11 is 3.47. The first kappa shape index (κ1) is 14.4. The van der Waals surface area contributed by atoms with E-state index in [4.69, 9.17) is 4.74 Å². The number of benzene rings is 1. The molecule has 1 unspecified atom stereocenters. The van der Waals surface area contributed by atoms with Crippen molar-refractivity contribution in [2.24, 2.45) is 5.41 Å². The summed E-state index contributed by atoms with van der Waals surface area (Å²) in [6, 6.07) is 5.96. The average Bonchev–Trinajstić information content (AvgIpc) is 2.51. The van der Waals surface area contributed by atoms with Gasteiger partial charge < -0.3 is 9.84 Å². The van der Waals surface area contributed by atoms with Gasteiger partial charge in [-0.3, -0.25) is 0 Å². The molecule has 20 heavy (non-hydrogen) atoms. The number of ether oxygens (including phenoxy) is 1. The minimum absolute atomic E-state index is 0.159. The number of hydrogen-bond acceptors (Lipinski definition) is 2. The van der Waals surface area contributed by atoms with Crippen LogP contribution in [0.5, 0.6) is 5.75 Å². The largest absolute Gasteiger partial charge is 0.487 e. The van der Waals surface area contributed by atoms with E-state index in [1.165, 1.54) is 19.3 Å². The first-order valence-corrected chi connectivity index (χ1v) is 8.35. The van der Waals surface area contributed by atoms with Gasteiger partial charge in [-0.25, -0.2) is 0 Å². The van der Waals surface area contributed by atoms with E-state index >= 15 is 0 Å². The Morgan fingerprint density at radius 2 is 2.00 bits per heavy atom. The van der Waals surface area contributed by atoms with Gasteiger partial charge in [0.15, 0.2) is 0 Å². The van der Waals surface area contributed by atoms with Gasteiger partial charge in [-0.2, -0.15) is 0 Å². The topological polar surface area (TPSA) is 29.5 Å². The summed E-state index contributed by atoms with van der Waals surface area (Å²) in [4.78, 5) is 0. The maximum atomic E-state index is 10.5. The Hall–Kier alpha value is -0.540. The molecule has 1 aliphatic carbocycles. The number of hydrogen-bond donors (Lipinski definition) is 1. The van der Waals surface area contributed by atoms with Gasteiger partial charge in [-0.05, 0) is 55.7 Å². The van der Waals surface area contributed by atoms with E-state index in [-0.39, 0.29) is 5.60 Å². The molecule has 110 valence electrons. The summed E-state index contributed by atoms with van der Waals surface area (Å²) in [7, 11) is 0. The monoisotopic (exact) mass is 338 g/mol. The lowest BCUT2D eigenvalue weighted by Gasteiger charge is -2.41. The minimum atomic E-state index is -0.405. The van der Waals surface area contributed by atoms with Crippen molar-refractivity contribution in [3.8, 4) is 5.75 Å². The van der Waals surface area contributed by atoms with Gasteiger partial charge in [0.05, 0.1) is 6.10 Å². The molecule has 1 aliphatic heterocycles. The minimum Gasteiger partial charge on any atom is -0.487 e. The summed E-state index contributed by atoms with van der Waals surface area (Å²) in [6.07, 6.45) is 6.04. The molecule has 2 aliphatic rings. The second kappa shape index (κ2) is 5.03. The maximum Gasteiger partial charge on any atom is 0.126 e. The molecule has 1 aromatic carbocycles. The van der Waals surface area contributed by atoms with E-state index in [0.29, 0.717) is 5.41 Å². The van der Waals surface area contributed by atoms with Crippen LogP contribution < -0.4 is 4.74 Å². The van der Waals surface area contributed by atoms with E-state index in [0.717, 1.165) is 35.0 Å². The lowest BCUT2D eigenvalue weighted by molar-refractivity contribution is -0.0260. The molecule has 1 N–H and O–H groups in total. The Morgan fingerprint density at radius 3 is 2.80 bits per heavy atom. The van der Waals surface area contributed by atoms with Crippen molar-refractivity contribution in [1.29, 1.82) is 0 Å². The van der Waals surface area contributed by atoms with E-state index in [2.05, 4.69) is 29.8 Å². The molecule has 3 rings (SSSR count). The lowest BCUT2D eigenvalue weighted by Crippen LogP contribution is -2.40. The first-order valence-electron chi connectivity index (χ1n) is 7.56. The predicted octanol–water partition coefficient (Wildman–Crippen LogP) is 4.99. The summed E-state index contributed by atoms with van der Waals surface area (Å²) in [5, 5.41) is 10.5. The Bertz CT molecular complexity index is 512. The molecule has 1 heterocycles. The predicted molar refractivity (Wildman–Crippen MR) is 83.9 cm³/mol. The highest BCUT2D eigenvalue weighted by atomic mass is 79.9. The van der Waals surface area contributed by atoms with Crippen molar-refractivity contribution >= 4 is 15.9 Å². The van der Waals surface area contributed by atoms with Crippen molar-refractivity contribution in [3.05, 3.63) is 28.2 Å². The fraction of sp³-hybridized carbons (Fsp3) is 0.647. The Labute approximate surface area is 129 Å². The molecule has 1 spiro atoms. The molecule has 0 saturated heterocycles. The second-order valence-corrected chi connectivity index (χ2v) is 8.12. The van der Waals surface area contributed by atoms with E-state index in [9.17, 15) is 5.11 Å². The van der Waals surface area contributed by atoms with Gasteiger partial charge in [0.25, 0.3) is 0 Å². The molecule has 0 amide bonds. The number of halogens is 1. The summed E-state index contributed by atoms with van der Waals surface area (Å²) < 4.78 is 7.38. The molecular formula is C17H23BrO2. The van der Waals surface area contributed by atoms with Crippen molar-refractivity contribution in [2.75, 3.05) is 0 Å². The second-order valence-electron chi connectivity index (χ2n) is 7.20. The van der Waals surface area contributed by atoms with Gasteiger partial charge in [-0.1, -0.05) is 29.8 Å². The fourth-order valence-corrected chi connectivity index (χ4v) is 4.00. The highest BCUT2D eigenvalue weighted by Crippen LogP contribution is 2.48. The van der Waals surface area contributed by atoms with Crippen LogP contribution in [-0.2, 0) is 0 Å². The summed E-state index contributed by atoms with van der Waals surface area (Å²) in [5.41, 5.74) is 1.17. The molecule has 0 aromatic heterocycles. The highest BCUT2D eigenvalue weighted by Gasteiger charge is 2.42. The quantitative estimate of drug-likeness (QED) is 0.721. The van der Waals surface area contributed by atoms with Crippen LogP contribution in [0.25, 0.3) is 0 Å². The van der Waals surface area contributed by atoms with Crippen LogP contribution in [0, 0.1) is 5.41 Å². The van der Waals surface area contributed by atoms with Gasteiger partial charge in [0, 0.05) is 16.5 Å². The fourth-order valence-electron chi connectivity index (χ4n) is 3.62. The highest BCUT2D eigenvalue weighted by molar-refractivity contribution is 9.10. The third-order valence-corrected chi connectivity index (χ3v) is 5.46. The van der Waals surface area contributed by atoms with Crippen molar-refractivity contribution in [1.82, 2.24) is 0 Å². The van der Waals surface area contributed by atoms with Crippen LogP contribution in [0.4, 0.5) is 0 Å². The third-order valence-electron chi connectivity index (χ3n) is 4.97. The van der Waals surface area contributed by atoms with Crippen molar-refractivity contribution in [3.63, 3.8) is 0 Å². The molecule has 2 atom stereocenters. The van der Waals surface area contributed by atoms with Gasteiger partial charge in [-0.15, -0.1) is 0 Å². The molecule has 3 heteroatoms. The Kier molecular flexibility index (Phi) is 3.62. The molecule has 1 fully saturated rings. The Morgan fingerprint density at radius 1 is 1.20 bits per heavy atom. The van der Waals surface area contributed by atoms with Gasteiger partial charge in [0.1, 0.15) is 11.4 Å². The van der Waals surface area contributed by atoms with E-state index < -0.39 is 6.10 Å². The molecule has 1 aromatic rings. The maximum absolute atomic E-state index is 10.5. The molecular weight excluding hydrogens is 316 g/mol. The SMILES string of the molecule is CC1(C)CCCC2(CC1)C[C@@H](O)c1cc(Br)ccc1O2. The van der Waals surface area contributed by atoms with E-state index in [1.54, 1.807) is 0 Å². The first-order chi connectivity index (χ1) is 9.39. The third kappa shape index (κ3) is 2.75. The van der Waals surface area contributed by atoms with E-state index in [1.807, 2.05) is 18.2 Å². The number of aliphatic hydroxyl groups excluding tert-OH is 1. The van der Waals surface area contributed by atoms with Crippen LogP contribution in [-0.4, -0.2) is 10.7 Å². The zero-order valence-electron chi connectivity index (χ0n) is 12.3. The Balaban J connectivity index is 1.88. The average molecular weight is 339 g/mol. The van der Waals surface area contributed by atoms with Crippen LogP contribution in [0.3, 0.4) is 0 Å². The van der Waals surface area contributed by atoms with Crippen LogP contribution >= 0.6 is 15.9 Å². The zero-order valence-corrected chi connectivity index (χ0v) is 13.9. The lowest BCUT2D eigenvalue weighted by atomic mass is 9.81. The van der Waals surface area contributed by atoms with Crippen LogP contribution in [0.15, 0.2) is 22.7 Å². The number of aliphatic hydroxyl groups is 1. The van der Waals surface area contributed by atoms with Crippen molar-refractivity contribution < 1.29 is 9.84 Å². The molecule has 1 saturated carbocycles. The number of rotatable bonds is 0. The van der Waals surface area contributed by atoms with Gasteiger partial charge >= 0.3 is 0 Å². The standard InChI is InChI=1S/C17H23BrO2/c1-16(2)6-3-7-17(9-8-16)11-14(19)13-10-12(18)4-5-15(13)20-17/h4-5,10,14,19H,3,6-9,11H2,1-2H3/t14-,17?/m1/s1. The van der Waals surface area contributed by atoms with Gasteiger partial charge in [0.2, 0.25) is 0 Å².